The maximum atomic E-state index is 5.93. The summed E-state index contributed by atoms with van der Waals surface area (Å²) in [5.41, 5.74) is 8.02. The fourth-order valence-electron chi connectivity index (χ4n) is 1.85. The first kappa shape index (κ1) is 13.4. The zero-order valence-electron chi connectivity index (χ0n) is 10.4. The second-order valence-electron chi connectivity index (χ2n) is 4.39. The quantitative estimate of drug-likeness (QED) is 0.847. The van der Waals surface area contributed by atoms with Crippen LogP contribution in [-0.2, 0) is 13.0 Å². The van der Waals surface area contributed by atoms with Gasteiger partial charge in [-0.1, -0.05) is 29.8 Å². The molecule has 1 aromatic heterocycles. The average molecular weight is 281 g/mol. The molecule has 2 N–H and O–H groups in total. The first-order valence-electron chi connectivity index (χ1n) is 5.91. The third kappa shape index (κ3) is 3.73. The second kappa shape index (κ2) is 6.23. The van der Waals surface area contributed by atoms with Crippen LogP contribution in [0.25, 0.3) is 0 Å². The molecular weight excluding hydrogens is 264 g/mol. The summed E-state index contributed by atoms with van der Waals surface area (Å²) < 4.78 is 0.853. The van der Waals surface area contributed by atoms with Crippen molar-refractivity contribution in [3.05, 3.63) is 51.2 Å². The number of para-hydroxylation sites is 1. The molecule has 0 aliphatic heterocycles. The van der Waals surface area contributed by atoms with Crippen molar-refractivity contribution in [2.45, 2.75) is 13.0 Å². The Kier molecular flexibility index (Phi) is 4.64. The van der Waals surface area contributed by atoms with E-state index in [4.69, 9.17) is 17.3 Å². The van der Waals surface area contributed by atoms with Crippen molar-refractivity contribution in [3.63, 3.8) is 0 Å². The minimum Gasteiger partial charge on any atom is -0.399 e. The number of hydrogen-bond acceptors (Lipinski definition) is 3. The summed E-state index contributed by atoms with van der Waals surface area (Å²) in [5.74, 6) is 0. The summed E-state index contributed by atoms with van der Waals surface area (Å²) in [7, 11) is 2.12. The van der Waals surface area contributed by atoms with Crippen LogP contribution >= 0.6 is 22.9 Å². The van der Waals surface area contributed by atoms with Gasteiger partial charge in [0.25, 0.3) is 0 Å². The van der Waals surface area contributed by atoms with Gasteiger partial charge in [0.1, 0.15) is 0 Å². The molecule has 0 unspecified atom stereocenters. The lowest BCUT2D eigenvalue weighted by Crippen LogP contribution is -2.20. The van der Waals surface area contributed by atoms with Gasteiger partial charge in [-0.15, -0.1) is 11.3 Å². The Labute approximate surface area is 117 Å². The maximum Gasteiger partial charge on any atom is 0.0931 e. The van der Waals surface area contributed by atoms with Crippen molar-refractivity contribution in [1.82, 2.24) is 4.90 Å². The average Bonchev–Trinajstić information content (AvgIpc) is 2.74. The van der Waals surface area contributed by atoms with Gasteiger partial charge in [-0.25, -0.2) is 0 Å². The number of likely N-dealkylation sites (N-methyl/N-ethyl adjacent to an activating group) is 1. The summed E-state index contributed by atoms with van der Waals surface area (Å²) in [4.78, 5) is 3.58. The number of nitrogen functional groups attached to an aromatic ring is 1. The van der Waals surface area contributed by atoms with E-state index in [9.17, 15) is 0 Å². The van der Waals surface area contributed by atoms with Gasteiger partial charge in [-0.05, 0) is 37.2 Å². The van der Waals surface area contributed by atoms with Gasteiger partial charge >= 0.3 is 0 Å². The van der Waals surface area contributed by atoms with Crippen LogP contribution in [0.2, 0.25) is 4.34 Å². The Hall–Kier alpha value is -1.03. The van der Waals surface area contributed by atoms with Crippen LogP contribution in [-0.4, -0.2) is 18.5 Å². The molecule has 0 amide bonds. The van der Waals surface area contributed by atoms with Gasteiger partial charge < -0.3 is 10.6 Å². The van der Waals surface area contributed by atoms with Crippen LogP contribution in [0.4, 0.5) is 5.69 Å². The summed E-state index contributed by atoms with van der Waals surface area (Å²) >= 11 is 7.56. The highest BCUT2D eigenvalue weighted by Crippen LogP contribution is 2.22. The standard InChI is InChI=1S/C14H17ClN2S/c1-17(10-12-6-7-14(15)18-12)9-8-11-4-2-3-5-13(11)16/h2-7H,8-10,16H2,1H3. The van der Waals surface area contributed by atoms with E-state index >= 15 is 0 Å². The molecule has 0 saturated heterocycles. The van der Waals surface area contributed by atoms with E-state index in [1.165, 1.54) is 10.4 Å². The molecule has 2 nitrogen and oxygen atoms in total. The maximum absolute atomic E-state index is 5.93. The summed E-state index contributed by atoms with van der Waals surface area (Å²) in [6.07, 6.45) is 0.974. The fourth-order valence-corrected chi connectivity index (χ4v) is 3.02. The van der Waals surface area contributed by atoms with E-state index in [2.05, 4.69) is 24.1 Å². The number of rotatable bonds is 5. The van der Waals surface area contributed by atoms with Gasteiger partial charge in [-0.3, -0.25) is 0 Å². The first-order chi connectivity index (χ1) is 8.65. The van der Waals surface area contributed by atoms with E-state index in [-0.39, 0.29) is 0 Å². The molecule has 2 rings (SSSR count). The van der Waals surface area contributed by atoms with Crippen LogP contribution < -0.4 is 5.73 Å². The van der Waals surface area contributed by atoms with Crippen molar-refractivity contribution < 1.29 is 0 Å². The number of benzene rings is 1. The van der Waals surface area contributed by atoms with E-state index in [1.807, 2.05) is 24.3 Å². The smallest absolute Gasteiger partial charge is 0.0931 e. The minimum atomic E-state index is 0.853. The van der Waals surface area contributed by atoms with Crippen LogP contribution in [0.5, 0.6) is 0 Å². The normalized spacial score (nSPS) is 11.1. The van der Waals surface area contributed by atoms with Crippen molar-refractivity contribution in [2.24, 2.45) is 0 Å². The zero-order valence-corrected chi connectivity index (χ0v) is 12.0. The molecule has 4 heteroatoms. The first-order valence-corrected chi connectivity index (χ1v) is 7.11. The molecule has 0 aliphatic rings. The van der Waals surface area contributed by atoms with Crippen LogP contribution in [0.3, 0.4) is 0 Å². The molecule has 0 fully saturated rings. The number of hydrogen-bond donors (Lipinski definition) is 1. The number of anilines is 1. The van der Waals surface area contributed by atoms with Gasteiger partial charge in [0.2, 0.25) is 0 Å². The highest BCUT2D eigenvalue weighted by Gasteiger charge is 2.04. The Bertz CT molecular complexity index is 510. The second-order valence-corrected chi connectivity index (χ2v) is 6.19. The molecule has 0 saturated carbocycles. The highest BCUT2D eigenvalue weighted by molar-refractivity contribution is 7.16. The molecular formula is C14H17ClN2S. The van der Waals surface area contributed by atoms with Gasteiger partial charge in [0.05, 0.1) is 4.34 Å². The monoisotopic (exact) mass is 280 g/mol. The van der Waals surface area contributed by atoms with Crippen molar-refractivity contribution in [2.75, 3.05) is 19.3 Å². The Balaban J connectivity index is 1.85. The third-order valence-corrected chi connectivity index (χ3v) is 4.09. The minimum absolute atomic E-state index is 0.853. The molecule has 2 aromatic rings. The predicted molar refractivity (Wildman–Crippen MR) is 80.2 cm³/mol. The zero-order chi connectivity index (χ0) is 13.0. The van der Waals surface area contributed by atoms with Crippen molar-refractivity contribution in [3.8, 4) is 0 Å². The molecule has 0 bridgehead atoms. The molecule has 18 heavy (non-hydrogen) atoms. The van der Waals surface area contributed by atoms with Gasteiger partial charge in [-0.2, -0.15) is 0 Å². The SMILES string of the molecule is CN(CCc1ccccc1N)Cc1ccc(Cl)s1. The Morgan fingerprint density at radius 1 is 1.22 bits per heavy atom. The third-order valence-electron chi connectivity index (χ3n) is 2.87. The van der Waals surface area contributed by atoms with E-state index in [0.717, 1.165) is 29.5 Å². The lowest BCUT2D eigenvalue weighted by Gasteiger charge is -2.16. The molecule has 0 radical (unpaired) electrons. The molecule has 1 heterocycles. The number of halogens is 1. The number of nitrogens with zero attached hydrogens (tertiary/aromatic N) is 1. The number of nitrogens with two attached hydrogens (primary N) is 1. The Morgan fingerprint density at radius 2 is 2.00 bits per heavy atom. The predicted octanol–water partition coefficient (Wildman–Crippen LogP) is 3.66. The summed E-state index contributed by atoms with van der Waals surface area (Å²) in [6, 6.07) is 12.1. The van der Waals surface area contributed by atoms with Crippen LogP contribution in [0, 0.1) is 0 Å². The molecule has 0 aliphatic carbocycles. The number of thiophene rings is 1. The van der Waals surface area contributed by atoms with E-state index in [1.54, 1.807) is 11.3 Å². The van der Waals surface area contributed by atoms with Gasteiger partial charge in [0, 0.05) is 23.7 Å². The lowest BCUT2D eigenvalue weighted by atomic mass is 10.1. The highest BCUT2D eigenvalue weighted by atomic mass is 35.5. The fraction of sp³-hybridized carbons (Fsp3) is 0.286. The molecule has 0 spiro atoms. The van der Waals surface area contributed by atoms with E-state index in [0.29, 0.717) is 0 Å². The topological polar surface area (TPSA) is 29.3 Å². The van der Waals surface area contributed by atoms with Crippen LogP contribution in [0.15, 0.2) is 36.4 Å². The molecule has 0 atom stereocenters. The molecule has 1 aromatic carbocycles. The summed E-state index contributed by atoms with van der Waals surface area (Å²) in [5, 5.41) is 0. The Morgan fingerprint density at radius 3 is 2.67 bits per heavy atom. The largest absolute Gasteiger partial charge is 0.399 e. The van der Waals surface area contributed by atoms with Crippen molar-refractivity contribution >= 4 is 28.6 Å². The van der Waals surface area contributed by atoms with E-state index < -0.39 is 0 Å². The van der Waals surface area contributed by atoms with Gasteiger partial charge in [0.15, 0.2) is 0 Å². The molecule has 96 valence electrons. The van der Waals surface area contributed by atoms with Crippen LogP contribution in [0.1, 0.15) is 10.4 Å². The lowest BCUT2D eigenvalue weighted by molar-refractivity contribution is 0.334. The van der Waals surface area contributed by atoms with Crippen molar-refractivity contribution in [1.29, 1.82) is 0 Å². The summed E-state index contributed by atoms with van der Waals surface area (Å²) in [6.45, 7) is 1.92.